The number of benzene rings is 3. The van der Waals surface area contributed by atoms with E-state index in [2.05, 4.69) is 5.32 Å². The van der Waals surface area contributed by atoms with Crippen LogP contribution in [0.3, 0.4) is 0 Å². The van der Waals surface area contributed by atoms with Crippen LogP contribution < -0.4 is 23.8 Å². The van der Waals surface area contributed by atoms with Crippen molar-refractivity contribution in [3.05, 3.63) is 78.4 Å². The molecule has 4 rings (SSSR count). The second kappa shape index (κ2) is 15.0. The molecule has 0 radical (unpaired) electrons. The van der Waals surface area contributed by atoms with E-state index in [1.54, 1.807) is 49.6 Å². The van der Waals surface area contributed by atoms with Gasteiger partial charge in [-0.15, -0.1) is 0 Å². The highest BCUT2D eigenvalue weighted by Crippen LogP contribution is 2.36. The second-order valence-corrected chi connectivity index (χ2v) is 12.5. The number of rotatable bonds is 14. The summed E-state index contributed by atoms with van der Waals surface area (Å²) in [5, 5.41) is 3.12. The minimum atomic E-state index is -4.27. The van der Waals surface area contributed by atoms with Crippen LogP contribution in [0.1, 0.15) is 44.6 Å². The predicted molar refractivity (Wildman–Crippen MR) is 169 cm³/mol. The summed E-state index contributed by atoms with van der Waals surface area (Å²) in [4.78, 5) is 29.5. The zero-order chi connectivity index (χ0) is 31.7. The maximum Gasteiger partial charge on any atom is 0.264 e. The van der Waals surface area contributed by atoms with E-state index in [9.17, 15) is 18.0 Å². The molecular formula is C33H41N3O7S. The maximum absolute atomic E-state index is 14.4. The number of carbonyl (C=O) groups excluding carboxylic acids is 2. The fourth-order valence-corrected chi connectivity index (χ4v) is 6.92. The van der Waals surface area contributed by atoms with Gasteiger partial charge in [-0.1, -0.05) is 50.1 Å². The number of sulfonamides is 1. The van der Waals surface area contributed by atoms with E-state index >= 15 is 0 Å². The van der Waals surface area contributed by atoms with Crippen molar-refractivity contribution in [2.24, 2.45) is 0 Å². The molecule has 1 aliphatic carbocycles. The van der Waals surface area contributed by atoms with Crippen molar-refractivity contribution in [3.63, 3.8) is 0 Å². The zero-order valence-electron chi connectivity index (χ0n) is 25.7. The molecule has 44 heavy (non-hydrogen) atoms. The molecule has 2 amide bonds. The van der Waals surface area contributed by atoms with Gasteiger partial charge in [0.05, 0.1) is 31.9 Å². The number of anilines is 1. The van der Waals surface area contributed by atoms with Crippen LogP contribution in [-0.2, 0) is 26.2 Å². The third-order valence-electron chi connectivity index (χ3n) is 7.84. The second-order valence-electron chi connectivity index (χ2n) is 10.6. The molecule has 0 spiro atoms. The van der Waals surface area contributed by atoms with E-state index in [0.29, 0.717) is 17.9 Å². The Morgan fingerprint density at radius 3 is 2.20 bits per heavy atom. The van der Waals surface area contributed by atoms with E-state index in [1.807, 2.05) is 19.1 Å². The van der Waals surface area contributed by atoms with Gasteiger partial charge >= 0.3 is 0 Å². The Bertz CT molecular complexity index is 1530. The van der Waals surface area contributed by atoms with Crippen molar-refractivity contribution < 1.29 is 32.2 Å². The lowest BCUT2D eigenvalue weighted by Crippen LogP contribution is -2.53. The average Bonchev–Trinajstić information content (AvgIpc) is 3.56. The van der Waals surface area contributed by atoms with Crippen LogP contribution >= 0.6 is 0 Å². The molecule has 0 aliphatic heterocycles. The quantitative estimate of drug-likeness (QED) is 0.275. The van der Waals surface area contributed by atoms with Gasteiger partial charge in [-0.05, 0) is 61.2 Å². The first kappa shape index (κ1) is 32.7. The number of ether oxygens (including phenoxy) is 3. The van der Waals surface area contributed by atoms with Gasteiger partial charge in [-0.2, -0.15) is 0 Å². The van der Waals surface area contributed by atoms with Gasteiger partial charge < -0.3 is 24.4 Å². The molecule has 1 N–H and O–H groups in total. The van der Waals surface area contributed by atoms with E-state index in [4.69, 9.17) is 14.2 Å². The van der Waals surface area contributed by atoms with Crippen molar-refractivity contribution >= 4 is 27.5 Å². The van der Waals surface area contributed by atoms with Crippen molar-refractivity contribution in [2.45, 2.75) is 62.6 Å². The number of amides is 2. The van der Waals surface area contributed by atoms with E-state index < -0.39 is 28.5 Å². The summed E-state index contributed by atoms with van der Waals surface area (Å²) >= 11 is 0. The summed E-state index contributed by atoms with van der Waals surface area (Å²) in [5.41, 5.74) is 0.870. The summed E-state index contributed by atoms with van der Waals surface area (Å²) in [6, 6.07) is 19.1. The van der Waals surface area contributed by atoms with Crippen LogP contribution in [-0.4, -0.2) is 65.1 Å². The SMILES string of the molecule is CC[C@@H](C(=O)NC1CCCC1)N(Cc1cccc(OC)c1)C(=O)CN(c1cc(OC)ccc1OC)S(=O)(=O)c1ccccc1. The number of nitrogens with one attached hydrogen (secondary N) is 1. The summed E-state index contributed by atoms with van der Waals surface area (Å²) in [6.07, 6.45) is 4.21. The number of hydrogen-bond acceptors (Lipinski definition) is 7. The van der Waals surface area contributed by atoms with Gasteiger partial charge in [0.15, 0.2) is 0 Å². The van der Waals surface area contributed by atoms with Crippen LogP contribution in [0.2, 0.25) is 0 Å². The van der Waals surface area contributed by atoms with Crippen molar-refractivity contribution in [1.29, 1.82) is 0 Å². The number of methoxy groups -OCH3 is 3. The molecule has 3 aromatic carbocycles. The van der Waals surface area contributed by atoms with Gasteiger partial charge in [-0.3, -0.25) is 13.9 Å². The van der Waals surface area contributed by atoms with Crippen LogP contribution in [0.5, 0.6) is 17.2 Å². The number of nitrogens with zero attached hydrogens (tertiary/aromatic N) is 2. The standard InChI is InChI=1S/C33H41N3O7S/c1-5-29(33(38)34-25-13-9-10-14-25)35(22-24-12-11-15-26(20-24)41-2)32(37)23-36(44(39,40)28-16-7-6-8-17-28)30-21-27(42-3)18-19-31(30)43-4/h6-8,11-12,15-21,25,29H,5,9-10,13-14,22-23H2,1-4H3,(H,34,38)/t29-/m0/s1. The van der Waals surface area contributed by atoms with Gasteiger partial charge in [0.25, 0.3) is 10.0 Å². The Morgan fingerprint density at radius 2 is 1.57 bits per heavy atom. The lowest BCUT2D eigenvalue weighted by atomic mass is 10.1. The third kappa shape index (κ3) is 7.63. The largest absolute Gasteiger partial charge is 0.497 e. The zero-order valence-corrected chi connectivity index (χ0v) is 26.5. The summed E-state index contributed by atoms with van der Waals surface area (Å²) in [7, 11) is 0.186. The molecular weight excluding hydrogens is 582 g/mol. The lowest BCUT2D eigenvalue weighted by Gasteiger charge is -2.34. The molecule has 1 atom stereocenters. The molecule has 10 nitrogen and oxygen atoms in total. The molecule has 0 bridgehead atoms. The lowest BCUT2D eigenvalue weighted by molar-refractivity contribution is -0.140. The van der Waals surface area contributed by atoms with Crippen LogP contribution in [0.25, 0.3) is 0 Å². The van der Waals surface area contributed by atoms with Crippen molar-refractivity contribution in [3.8, 4) is 17.2 Å². The Morgan fingerprint density at radius 1 is 0.886 bits per heavy atom. The predicted octanol–water partition coefficient (Wildman–Crippen LogP) is 4.77. The maximum atomic E-state index is 14.4. The highest BCUT2D eigenvalue weighted by atomic mass is 32.2. The summed E-state index contributed by atoms with van der Waals surface area (Å²) in [5.74, 6) is 0.422. The van der Waals surface area contributed by atoms with E-state index in [0.717, 1.165) is 35.6 Å². The molecule has 236 valence electrons. The highest BCUT2D eigenvalue weighted by molar-refractivity contribution is 7.92. The van der Waals surface area contributed by atoms with Crippen LogP contribution in [0.15, 0.2) is 77.7 Å². The monoisotopic (exact) mass is 623 g/mol. The average molecular weight is 624 g/mol. The van der Waals surface area contributed by atoms with E-state index in [1.165, 1.54) is 37.3 Å². The molecule has 3 aromatic rings. The van der Waals surface area contributed by atoms with Crippen molar-refractivity contribution in [1.82, 2.24) is 10.2 Å². The summed E-state index contributed by atoms with van der Waals surface area (Å²) in [6.45, 7) is 1.33. The van der Waals surface area contributed by atoms with Gasteiger partial charge in [0, 0.05) is 18.7 Å². The fraction of sp³-hybridized carbons (Fsp3) is 0.394. The van der Waals surface area contributed by atoms with Crippen LogP contribution in [0, 0.1) is 0 Å². The van der Waals surface area contributed by atoms with Gasteiger partial charge in [0.2, 0.25) is 11.8 Å². The Kier molecular flexibility index (Phi) is 11.1. The number of hydrogen-bond donors (Lipinski definition) is 1. The highest BCUT2D eigenvalue weighted by Gasteiger charge is 2.35. The summed E-state index contributed by atoms with van der Waals surface area (Å²) < 4.78 is 45.7. The van der Waals surface area contributed by atoms with Gasteiger partial charge in [0.1, 0.15) is 29.8 Å². The first-order chi connectivity index (χ1) is 21.2. The molecule has 0 aromatic heterocycles. The van der Waals surface area contributed by atoms with Crippen molar-refractivity contribution in [2.75, 3.05) is 32.2 Å². The minimum Gasteiger partial charge on any atom is -0.497 e. The first-order valence-electron chi connectivity index (χ1n) is 14.7. The van der Waals surface area contributed by atoms with Gasteiger partial charge in [-0.25, -0.2) is 8.42 Å². The fourth-order valence-electron chi connectivity index (χ4n) is 5.48. The Balaban J connectivity index is 1.78. The normalized spacial score (nSPS) is 14.0. The Hall–Kier alpha value is -4.25. The Labute approximate surface area is 260 Å². The first-order valence-corrected chi connectivity index (χ1v) is 16.2. The molecule has 1 fully saturated rings. The topological polar surface area (TPSA) is 114 Å². The molecule has 1 aliphatic rings. The molecule has 0 unspecified atom stereocenters. The molecule has 11 heteroatoms. The molecule has 1 saturated carbocycles. The minimum absolute atomic E-state index is 0.00281. The molecule has 0 saturated heterocycles. The van der Waals surface area contributed by atoms with Crippen LogP contribution in [0.4, 0.5) is 5.69 Å². The smallest absolute Gasteiger partial charge is 0.264 e. The third-order valence-corrected chi connectivity index (χ3v) is 9.61. The molecule has 0 heterocycles. The number of carbonyl (C=O) groups is 2. The van der Waals surface area contributed by atoms with E-state index in [-0.39, 0.29) is 34.8 Å².